The SMILES string of the molecule is CCn1c(=O)cc(N[C@H](c2ccccc2)C2CC2)[nH]c1=O. The van der Waals surface area contributed by atoms with Crippen LogP contribution in [0.25, 0.3) is 0 Å². The number of aromatic nitrogens is 2. The summed E-state index contributed by atoms with van der Waals surface area (Å²) in [5, 5.41) is 3.32. The van der Waals surface area contributed by atoms with Gasteiger partial charge in [-0.1, -0.05) is 30.3 Å². The standard InChI is InChI=1S/C16H19N3O2/c1-2-19-14(20)10-13(18-16(19)21)17-15(12-8-9-12)11-6-4-3-5-7-11/h3-7,10,12,15,17H,2,8-9H2,1H3,(H,18,21)/t15-/m1/s1. The second kappa shape index (κ2) is 5.60. The molecule has 21 heavy (non-hydrogen) atoms. The van der Waals surface area contributed by atoms with E-state index in [4.69, 9.17) is 0 Å². The molecule has 2 aromatic rings. The molecule has 1 aliphatic rings. The molecule has 3 rings (SSSR count). The molecule has 110 valence electrons. The lowest BCUT2D eigenvalue weighted by molar-refractivity contribution is 0.653. The Labute approximate surface area is 122 Å². The van der Waals surface area contributed by atoms with E-state index < -0.39 is 0 Å². The summed E-state index contributed by atoms with van der Waals surface area (Å²) in [5.41, 5.74) is 0.544. The van der Waals surface area contributed by atoms with E-state index in [1.807, 2.05) is 18.2 Å². The molecule has 1 fully saturated rings. The van der Waals surface area contributed by atoms with Crippen LogP contribution in [-0.4, -0.2) is 9.55 Å². The molecule has 0 unspecified atom stereocenters. The molecule has 1 aromatic heterocycles. The van der Waals surface area contributed by atoms with Gasteiger partial charge in [0.2, 0.25) is 0 Å². The first-order chi connectivity index (χ1) is 10.2. The maximum Gasteiger partial charge on any atom is 0.329 e. The third-order valence-electron chi connectivity index (χ3n) is 3.90. The largest absolute Gasteiger partial charge is 0.364 e. The molecular weight excluding hydrogens is 266 g/mol. The van der Waals surface area contributed by atoms with Gasteiger partial charge in [0.25, 0.3) is 5.56 Å². The van der Waals surface area contributed by atoms with Crippen LogP contribution in [0.3, 0.4) is 0 Å². The Balaban J connectivity index is 1.91. The molecule has 1 saturated carbocycles. The van der Waals surface area contributed by atoms with Crippen molar-refractivity contribution < 1.29 is 0 Å². The zero-order valence-corrected chi connectivity index (χ0v) is 12.0. The summed E-state index contributed by atoms with van der Waals surface area (Å²) in [6.07, 6.45) is 2.34. The Hall–Kier alpha value is -2.30. The number of nitrogens with one attached hydrogen (secondary N) is 2. The highest BCUT2D eigenvalue weighted by atomic mass is 16.2. The molecule has 0 radical (unpaired) electrons. The maximum absolute atomic E-state index is 11.9. The highest BCUT2D eigenvalue weighted by Gasteiger charge is 2.32. The smallest absolute Gasteiger partial charge is 0.329 e. The summed E-state index contributed by atoms with van der Waals surface area (Å²) >= 11 is 0. The van der Waals surface area contributed by atoms with Crippen molar-refractivity contribution in [3.63, 3.8) is 0 Å². The molecule has 2 N–H and O–H groups in total. The average molecular weight is 285 g/mol. The van der Waals surface area contributed by atoms with Crippen molar-refractivity contribution in [1.29, 1.82) is 0 Å². The van der Waals surface area contributed by atoms with Gasteiger partial charge in [0.15, 0.2) is 0 Å². The molecule has 5 heteroatoms. The van der Waals surface area contributed by atoms with E-state index in [-0.39, 0.29) is 17.3 Å². The third-order valence-corrected chi connectivity index (χ3v) is 3.90. The molecule has 1 aromatic carbocycles. The minimum atomic E-state index is -0.366. The topological polar surface area (TPSA) is 66.9 Å². The van der Waals surface area contributed by atoms with Crippen LogP contribution in [-0.2, 0) is 6.54 Å². The van der Waals surface area contributed by atoms with Gasteiger partial charge in [-0.05, 0) is 31.2 Å². The number of rotatable bonds is 5. The van der Waals surface area contributed by atoms with Crippen LogP contribution in [0.1, 0.15) is 31.4 Å². The summed E-state index contributed by atoms with van der Waals surface area (Å²) < 4.78 is 1.18. The molecule has 0 saturated heterocycles. The van der Waals surface area contributed by atoms with Gasteiger partial charge in [-0.25, -0.2) is 4.79 Å². The van der Waals surface area contributed by atoms with Gasteiger partial charge < -0.3 is 5.32 Å². The highest BCUT2D eigenvalue weighted by Crippen LogP contribution is 2.42. The van der Waals surface area contributed by atoms with E-state index in [2.05, 4.69) is 22.4 Å². The van der Waals surface area contributed by atoms with Crippen LogP contribution < -0.4 is 16.6 Å². The summed E-state index contributed by atoms with van der Waals surface area (Å²) in [6, 6.07) is 11.7. The van der Waals surface area contributed by atoms with Crippen LogP contribution in [0.2, 0.25) is 0 Å². The monoisotopic (exact) mass is 285 g/mol. The fourth-order valence-corrected chi connectivity index (χ4v) is 2.63. The van der Waals surface area contributed by atoms with E-state index >= 15 is 0 Å². The summed E-state index contributed by atoms with van der Waals surface area (Å²) in [5.74, 6) is 1.06. The van der Waals surface area contributed by atoms with Gasteiger partial charge in [-0.3, -0.25) is 14.3 Å². The minimum absolute atomic E-state index is 0.138. The van der Waals surface area contributed by atoms with Crippen molar-refractivity contribution in [2.24, 2.45) is 5.92 Å². The van der Waals surface area contributed by atoms with Gasteiger partial charge >= 0.3 is 5.69 Å². The molecule has 0 spiro atoms. The number of nitrogens with zero attached hydrogens (tertiary/aromatic N) is 1. The number of benzene rings is 1. The van der Waals surface area contributed by atoms with Crippen molar-refractivity contribution in [2.75, 3.05) is 5.32 Å². The average Bonchev–Trinajstić information content (AvgIpc) is 3.30. The Morgan fingerprint density at radius 3 is 2.57 bits per heavy atom. The number of hydrogen-bond acceptors (Lipinski definition) is 3. The van der Waals surface area contributed by atoms with Gasteiger partial charge in [-0.15, -0.1) is 0 Å². The van der Waals surface area contributed by atoms with Gasteiger partial charge in [0.05, 0.1) is 6.04 Å². The van der Waals surface area contributed by atoms with Crippen LogP contribution in [0.15, 0.2) is 46.0 Å². The second-order valence-corrected chi connectivity index (χ2v) is 5.44. The molecular formula is C16H19N3O2. The molecule has 1 heterocycles. The van der Waals surface area contributed by atoms with Crippen molar-refractivity contribution in [1.82, 2.24) is 9.55 Å². The molecule has 0 bridgehead atoms. The van der Waals surface area contributed by atoms with Crippen LogP contribution in [0.4, 0.5) is 5.82 Å². The van der Waals surface area contributed by atoms with Crippen molar-refractivity contribution in [2.45, 2.75) is 32.4 Å². The zero-order valence-electron chi connectivity index (χ0n) is 12.0. The van der Waals surface area contributed by atoms with Gasteiger partial charge in [0.1, 0.15) is 5.82 Å². The van der Waals surface area contributed by atoms with Crippen molar-refractivity contribution in [3.8, 4) is 0 Å². The molecule has 0 amide bonds. The van der Waals surface area contributed by atoms with Gasteiger partial charge in [-0.2, -0.15) is 0 Å². The number of anilines is 1. The molecule has 0 aliphatic heterocycles. The zero-order chi connectivity index (χ0) is 14.8. The lowest BCUT2D eigenvalue weighted by Crippen LogP contribution is -2.34. The lowest BCUT2D eigenvalue weighted by Gasteiger charge is -2.19. The first-order valence-corrected chi connectivity index (χ1v) is 7.34. The quantitative estimate of drug-likeness (QED) is 0.884. The number of aromatic amines is 1. The van der Waals surface area contributed by atoms with Crippen LogP contribution >= 0.6 is 0 Å². The summed E-state index contributed by atoms with van der Waals surface area (Å²) in [7, 11) is 0. The third kappa shape index (κ3) is 2.91. The second-order valence-electron chi connectivity index (χ2n) is 5.44. The summed E-state index contributed by atoms with van der Waals surface area (Å²) in [4.78, 5) is 26.5. The normalized spacial score (nSPS) is 15.7. The van der Waals surface area contributed by atoms with Crippen molar-refractivity contribution in [3.05, 3.63) is 62.8 Å². The summed E-state index contributed by atoms with van der Waals surface area (Å²) in [6.45, 7) is 2.15. The van der Waals surface area contributed by atoms with E-state index in [1.165, 1.54) is 29.0 Å². The maximum atomic E-state index is 11.9. The fourth-order valence-electron chi connectivity index (χ4n) is 2.63. The van der Waals surface area contributed by atoms with E-state index in [1.54, 1.807) is 6.92 Å². The first-order valence-electron chi connectivity index (χ1n) is 7.34. The van der Waals surface area contributed by atoms with Gasteiger partial charge in [0, 0.05) is 12.6 Å². The Morgan fingerprint density at radius 2 is 2.00 bits per heavy atom. The molecule has 5 nitrogen and oxygen atoms in total. The minimum Gasteiger partial charge on any atom is -0.364 e. The first kappa shape index (κ1) is 13.7. The predicted molar refractivity (Wildman–Crippen MR) is 82.5 cm³/mol. The van der Waals surface area contributed by atoms with Crippen LogP contribution in [0, 0.1) is 5.92 Å². The number of hydrogen-bond donors (Lipinski definition) is 2. The van der Waals surface area contributed by atoms with Crippen molar-refractivity contribution >= 4 is 5.82 Å². The Bertz CT molecular complexity index is 698. The predicted octanol–water partition coefficient (Wildman–Crippen LogP) is 2.12. The highest BCUT2D eigenvalue weighted by molar-refractivity contribution is 5.38. The fraction of sp³-hybridized carbons (Fsp3) is 0.375. The number of H-pyrrole nitrogens is 1. The lowest BCUT2D eigenvalue weighted by atomic mass is 10.0. The Kier molecular flexibility index (Phi) is 3.64. The van der Waals surface area contributed by atoms with Crippen LogP contribution in [0.5, 0.6) is 0 Å². The van der Waals surface area contributed by atoms with E-state index in [0.29, 0.717) is 18.3 Å². The van der Waals surface area contributed by atoms with E-state index in [9.17, 15) is 9.59 Å². The molecule has 1 aliphatic carbocycles. The molecule has 1 atom stereocenters. The Morgan fingerprint density at radius 1 is 1.29 bits per heavy atom. The van der Waals surface area contributed by atoms with E-state index in [0.717, 1.165) is 0 Å².